The predicted molar refractivity (Wildman–Crippen MR) is 54.0 cm³/mol. The molecule has 0 radical (unpaired) electrons. The third kappa shape index (κ3) is 5.56. The third-order valence-electron chi connectivity index (χ3n) is 2.05. The molecule has 0 atom stereocenters. The van der Waals surface area contributed by atoms with E-state index in [9.17, 15) is 9.59 Å². The molecule has 0 aliphatic heterocycles. The van der Waals surface area contributed by atoms with Gasteiger partial charge >= 0.3 is 5.97 Å². The summed E-state index contributed by atoms with van der Waals surface area (Å²) in [4.78, 5) is 23.2. The maximum atomic E-state index is 11.4. The summed E-state index contributed by atoms with van der Waals surface area (Å²) in [6, 6.07) is 0. The number of aliphatic carboxylic acids is 1. The summed E-state index contributed by atoms with van der Waals surface area (Å²) in [6.07, 6.45) is 3.41. The molecular weight excluding hydrogens is 182 g/mol. The van der Waals surface area contributed by atoms with Crippen molar-refractivity contribution < 1.29 is 14.7 Å². The fraction of sp³-hybridized carbons (Fsp3) is 0.800. The van der Waals surface area contributed by atoms with E-state index in [0.29, 0.717) is 13.0 Å². The van der Waals surface area contributed by atoms with Gasteiger partial charge in [-0.05, 0) is 13.3 Å². The molecule has 0 saturated carbocycles. The normalized spacial score (nSPS) is 9.86. The molecule has 0 aromatic carbocycles. The van der Waals surface area contributed by atoms with Crippen LogP contribution in [0.3, 0.4) is 0 Å². The van der Waals surface area contributed by atoms with Gasteiger partial charge in [-0.15, -0.1) is 0 Å². The zero-order chi connectivity index (χ0) is 11.0. The average Bonchev–Trinajstić information content (AvgIpc) is 2.14. The molecular formula is C10H19NO3. The van der Waals surface area contributed by atoms with E-state index in [-0.39, 0.29) is 12.5 Å². The Kier molecular flexibility index (Phi) is 6.80. The number of carboxylic acids is 1. The highest BCUT2D eigenvalue weighted by Crippen LogP contribution is 2.02. The first-order valence-corrected chi connectivity index (χ1v) is 5.11. The second-order valence-electron chi connectivity index (χ2n) is 3.26. The fourth-order valence-electron chi connectivity index (χ4n) is 1.22. The highest BCUT2D eigenvalue weighted by atomic mass is 16.4. The smallest absolute Gasteiger partial charge is 0.323 e. The number of likely N-dealkylation sites (N-methyl/N-ethyl adjacent to an activating group) is 1. The number of nitrogens with zero attached hydrogens (tertiary/aromatic N) is 1. The van der Waals surface area contributed by atoms with Crippen LogP contribution in [0.25, 0.3) is 0 Å². The monoisotopic (exact) mass is 201 g/mol. The largest absolute Gasteiger partial charge is 0.480 e. The zero-order valence-electron chi connectivity index (χ0n) is 8.95. The molecule has 0 rings (SSSR count). The second kappa shape index (κ2) is 7.35. The molecule has 0 aliphatic rings. The van der Waals surface area contributed by atoms with Crippen LogP contribution in [0.1, 0.15) is 39.5 Å². The van der Waals surface area contributed by atoms with Gasteiger partial charge in [-0.2, -0.15) is 0 Å². The predicted octanol–water partition coefficient (Wildman–Crippen LogP) is 1.50. The number of carbonyl (C=O) groups excluding carboxylic acids is 1. The molecule has 0 unspecified atom stereocenters. The first-order chi connectivity index (χ1) is 6.61. The van der Waals surface area contributed by atoms with Crippen molar-refractivity contribution in [3.8, 4) is 0 Å². The Morgan fingerprint density at radius 3 is 2.29 bits per heavy atom. The number of amides is 1. The van der Waals surface area contributed by atoms with Gasteiger partial charge in [-0.3, -0.25) is 9.59 Å². The third-order valence-corrected chi connectivity index (χ3v) is 2.05. The number of hydrogen-bond acceptors (Lipinski definition) is 2. The Hall–Kier alpha value is -1.06. The van der Waals surface area contributed by atoms with Gasteiger partial charge < -0.3 is 10.0 Å². The van der Waals surface area contributed by atoms with Crippen LogP contribution in [0, 0.1) is 0 Å². The Labute approximate surface area is 84.9 Å². The molecule has 0 heterocycles. The molecule has 1 N–H and O–H groups in total. The topological polar surface area (TPSA) is 57.6 Å². The molecule has 4 heteroatoms. The number of hydrogen-bond donors (Lipinski definition) is 1. The van der Waals surface area contributed by atoms with Gasteiger partial charge in [-0.25, -0.2) is 0 Å². The average molecular weight is 201 g/mol. The van der Waals surface area contributed by atoms with Crippen LogP contribution < -0.4 is 0 Å². The Bertz CT molecular complexity index is 192. The van der Waals surface area contributed by atoms with Crippen LogP contribution >= 0.6 is 0 Å². The summed E-state index contributed by atoms with van der Waals surface area (Å²) in [5.74, 6) is -1.00. The summed E-state index contributed by atoms with van der Waals surface area (Å²) in [6.45, 7) is 4.15. The lowest BCUT2D eigenvalue weighted by Gasteiger charge is -2.18. The molecule has 0 spiro atoms. The van der Waals surface area contributed by atoms with Crippen LogP contribution in [0.5, 0.6) is 0 Å². The van der Waals surface area contributed by atoms with Crippen LogP contribution in [-0.4, -0.2) is 35.0 Å². The van der Waals surface area contributed by atoms with Crippen LogP contribution in [0.2, 0.25) is 0 Å². The number of unbranched alkanes of at least 4 members (excludes halogenated alkanes) is 2. The van der Waals surface area contributed by atoms with Gasteiger partial charge in [0, 0.05) is 13.0 Å². The summed E-state index contributed by atoms with van der Waals surface area (Å²) < 4.78 is 0. The van der Waals surface area contributed by atoms with E-state index in [4.69, 9.17) is 5.11 Å². The van der Waals surface area contributed by atoms with E-state index < -0.39 is 5.97 Å². The first-order valence-electron chi connectivity index (χ1n) is 5.11. The van der Waals surface area contributed by atoms with Crippen molar-refractivity contribution in [1.82, 2.24) is 4.90 Å². The Balaban J connectivity index is 3.85. The minimum Gasteiger partial charge on any atom is -0.480 e. The first kappa shape index (κ1) is 12.9. The lowest BCUT2D eigenvalue weighted by Crippen LogP contribution is -2.35. The Morgan fingerprint density at radius 1 is 1.21 bits per heavy atom. The zero-order valence-corrected chi connectivity index (χ0v) is 8.95. The summed E-state index contributed by atoms with van der Waals surface area (Å²) in [5.41, 5.74) is 0. The molecule has 0 aromatic heterocycles. The molecule has 0 aromatic rings. The van der Waals surface area contributed by atoms with Gasteiger partial charge in [-0.1, -0.05) is 19.8 Å². The minimum absolute atomic E-state index is 0.0525. The van der Waals surface area contributed by atoms with E-state index in [1.165, 1.54) is 4.90 Å². The van der Waals surface area contributed by atoms with Crippen molar-refractivity contribution in [3.63, 3.8) is 0 Å². The van der Waals surface area contributed by atoms with Crippen LogP contribution in [0.15, 0.2) is 0 Å². The van der Waals surface area contributed by atoms with E-state index >= 15 is 0 Å². The number of carboxylic acid groups (broad SMARTS) is 1. The van der Waals surface area contributed by atoms with Crippen molar-refractivity contribution in [1.29, 1.82) is 0 Å². The van der Waals surface area contributed by atoms with Crippen molar-refractivity contribution in [2.24, 2.45) is 0 Å². The van der Waals surface area contributed by atoms with Gasteiger partial charge in [0.15, 0.2) is 0 Å². The number of carbonyl (C=O) groups is 2. The molecule has 82 valence electrons. The summed E-state index contributed by atoms with van der Waals surface area (Å²) in [7, 11) is 0. The van der Waals surface area contributed by atoms with Gasteiger partial charge in [0.25, 0.3) is 0 Å². The van der Waals surface area contributed by atoms with E-state index in [1.54, 1.807) is 6.92 Å². The summed E-state index contributed by atoms with van der Waals surface area (Å²) >= 11 is 0. The van der Waals surface area contributed by atoms with Crippen LogP contribution in [0.4, 0.5) is 0 Å². The highest BCUT2D eigenvalue weighted by Gasteiger charge is 2.13. The highest BCUT2D eigenvalue weighted by molar-refractivity contribution is 5.81. The van der Waals surface area contributed by atoms with Crippen LogP contribution in [-0.2, 0) is 9.59 Å². The lowest BCUT2D eigenvalue weighted by atomic mass is 10.2. The fourth-order valence-corrected chi connectivity index (χ4v) is 1.22. The van der Waals surface area contributed by atoms with Crippen molar-refractivity contribution >= 4 is 11.9 Å². The second-order valence-corrected chi connectivity index (χ2v) is 3.26. The molecule has 0 fully saturated rings. The standard InChI is InChI=1S/C10H19NO3/c1-3-5-6-7-9(12)11(4-2)8-10(13)14/h3-8H2,1-2H3,(H,13,14). The summed E-state index contributed by atoms with van der Waals surface area (Å²) in [5, 5.41) is 8.54. The van der Waals surface area contributed by atoms with Gasteiger partial charge in [0.05, 0.1) is 0 Å². The van der Waals surface area contributed by atoms with E-state index in [2.05, 4.69) is 6.92 Å². The van der Waals surface area contributed by atoms with Crippen molar-refractivity contribution in [2.75, 3.05) is 13.1 Å². The maximum absolute atomic E-state index is 11.4. The Morgan fingerprint density at radius 2 is 1.86 bits per heavy atom. The molecule has 4 nitrogen and oxygen atoms in total. The molecule has 0 saturated heterocycles. The minimum atomic E-state index is -0.948. The molecule has 1 amide bonds. The maximum Gasteiger partial charge on any atom is 0.323 e. The van der Waals surface area contributed by atoms with E-state index in [1.807, 2.05) is 0 Å². The van der Waals surface area contributed by atoms with Gasteiger partial charge in [0.2, 0.25) is 5.91 Å². The lowest BCUT2D eigenvalue weighted by molar-refractivity contribution is -0.144. The van der Waals surface area contributed by atoms with E-state index in [0.717, 1.165) is 19.3 Å². The van der Waals surface area contributed by atoms with Crippen molar-refractivity contribution in [2.45, 2.75) is 39.5 Å². The molecule has 14 heavy (non-hydrogen) atoms. The van der Waals surface area contributed by atoms with Gasteiger partial charge in [0.1, 0.15) is 6.54 Å². The van der Waals surface area contributed by atoms with Crippen molar-refractivity contribution in [3.05, 3.63) is 0 Å². The number of rotatable bonds is 7. The SMILES string of the molecule is CCCCCC(=O)N(CC)CC(=O)O. The molecule has 0 bridgehead atoms. The molecule has 0 aliphatic carbocycles. The quantitative estimate of drug-likeness (QED) is 0.635.